The van der Waals surface area contributed by atoms with Gasteiger partial charge in [0.1, 0.15) is 5.82 Å². The van der Waals surface area contributed by atoms with E-state index in [1.807, 2.05) is 0 Å². The number of nitrogens with zero attached hydrogens (tertiary/aromatic N) is 1. The molecule has 0 bridgehead atoms. The van der Waals surface area contributed by atoms with Gasteiger partial charge in [-0.15, -0.1) is 0 Å². The van der Waals surface area contributed by atoms with Crippen LogP contribution in [-0.4, -0.2) is 30.8 Å². The van der Waals surface area contributed by atoms with Gasteiger partial charge in [-0.1, -0.05) is 12.1 Å². The molecule has 0 saturated carbocycles. The Bertz CT molecular complexity index is 832. The monoisotopic (exact) mass is 355 g/mol. The smallest absolute Gasteiger partial charge is 0.310 e. The number of amides is 1. The topological polar surface area (TPSA) is 63.7 Å². The average molecular weight is 355 g/mol. The Morgan fingerprint density at radius 2 is 1.88 bits per heavy atom. The molecule has 1 saturated heterocycles. The highest BCUT2D eigenvalue weighted by Gasteiger charge is 2.21. The number of ketones is 1. The quantitative estimate of drug-likeness (QED) is 0.590. The van der Waals surface area contributed by atoms with Crippen LogP contribution in [-0.2, 0) is 20.7 Å². The van der Waals surface area contributed by atoms with Crippen LogP contribution in [0.1, 0.15) is 28.8 Å². The molecule has 1 heterocycles. The number of esters is 1. The van der Waals surface area contributed by atoms with Gasteiger partial charge in [0.05, 0.1) is 6.42 Å². The van der Waals surface area contributed by atoms with Crippen LogP contribution in [0.2, 0.25) is 0 Å². The molecule has 0 aromatic heterocycles. The molecular weight excluding hydrogens is 337 g/mol. The summed E-state index contributed by atoms with van der Waals surface area (Å²) in [4.78, 5) is 37.3. The van der Waals surface area contributed by atoms with Crippen LogP contribution < -0.4 is 4.90 Å². The number of hydrogen-bond donors (Lipinski definition) is 0. The van der Waals surface area contributed by atoms with Gasteiger partial charge in [-0.2, -0.15) is 0 Å². The number of carbonyl (C=O) groups is 3. The summed E-state index contributed by atoms with van der Waals surface area (Å²) in [7, 11) is 0. The fraction of sp³-hybridized carbons (Fsp3) is 0.250. The Hall–Kier alpha value is -3.02. The number of Topliss-reactive ketones (excluding diaryl/α,β-unsaturated/α-hetero) is 1. The Kier molecular flexibility index (Phi) is 5.41. The molecule has 0 atom stereocenters. The zero-order chi connectivity index (χ0) is 18.5. The Morgan fingerprint density at radius 3 is 2.54 bits per heavy atom. The average Bonchev–Trinajstić information content (AvgIpc) is 3.06. The van der Waals surface area contributed by atoms with E-state index in [0.717, 1.165) is 12.1 Å². The minimum atomic E-state index is -0.594. The molecule has 26 heavy (non-hydrogen) atoms. The maximum Gasteiger partial charge on any atom is 0.310 e. The lowest BCUT2D eigenvalue weighted by Gasteiger charge is -2.15. The first-order chi connectivity index (χ1) is 12.5. The molecule has 0 spiro atoms. The number of ether oxygens (including phenoxy) is 1. The standard InChI is InChI=1S/C20H18FNO4/c21-16-4-1-3-14(11-16)12-20(25)26-13-18(23)15-6-8-17(9-7-15)22-10-2-5-19(22)24/h1,3-4,6-9,11H,2,5,10,12-13H2. The molecule has 2 aromatic carbocycles. The van der Waals surface area contributed by atoms with Crippen LogP contribution in [0.4, 0.5) is 10.1 Å². The van der Waals surface area contributed by atoms with Gasteiger partial charge < -0.3 is 9.64 Å². The molecule has 5 nitrogen and oxygen atoms in total. The van der Waals surface area contributed by atoms with E-state index >= 15 is 0 Å². The third-order valence-corrected chi connectivity index (χ3v) is 4.18. The second kappa shape index (κ2) is 7.91. The van der Waals surface area contributed by atoms with Gasteiger partial charge in [0, 0.05) is 24.2 Å². The lowest BCUT2D eigenvalue weighted by molar-refractivity contribution is -0.141. The van der Waals surface area contributed by atoms with Crippen LogP contribution in [0.3, 0.4) is 0 Å². The predicted octanol–water partition coefficient (Wildman–Crippen LogP) is 2.92. The number of rotatable bonds is 6. The van der Waals surface area contributed by atoms with Gasteiger partial charge in [-0.05, 0) is 48.4 Å². The highest BCUT2D eigenvalue weighted by atomic mass is 19.1. The molecule has 0 aliphatic carbocycles. The van der Waals surface area contributed by atoms with Crippen molar-refractivity contribution in [1.29, 1.82) is 0 Å². The van der Waals surface area contributed by atoms with E-state index in [9.17, 15) is 18.8 Å². The van der Waals surface area contributed by atoms with Gasteiger partial charge in [-0.3, -0.25) is 14.4 Å². The van der Waals surface area contributed by atoms with Crippen molar-refractivity contribution < 1.29 is 23.5 Å². The summed E-state index contributed by atoms with van der Waals surface area (Å²) in [5.74, 6) is -1.28. The molecule has 0 N–H and O–H groups in total. The Labute approximate surface area is 150 Å². The van der Waals surface area contributed by atoms with Crippen molar-refractivity contribution in [1.82, 2.24) is 0 Å². The lowest BCUT2D eigenvalue weighted by Crippen LogP contribution is -2.23. The molecule has 0 unspecified atom stereocenters. The van der Waals surface area contributed by atoms with Gasteiger partial charge in [-0.25, -0.2) is 4.39 Å². The first-order valence-corrected chi connectivity index (χ1v) is 8.36. The Balaban J connectivity index is 1.53. The van der Waals surface area contributed by atoms with Crippen LogP contribution in [0.5, 0.6) is 0 Å². The second-order valence-corrected chi connectivity index (χ2v) is 6.09. The molecule has 1 amide bonds. The number of anilines is 1. The fourth-order valence-electron chi connectivity index (χ4n) is 2.84. The van der Waals surface area contributed by atoms with Crippen molar-refractivity contribution in [3.63, 3.8) is 0 Å². The van der Waals surface area contributed by atoms with Crippen molar-refractivity contribution in [3.8, 4) is 0 Å². The van der Waals surface area contributed by atoms with Gasteiger partial charge >= 0.3 is 5.97 Å². The van der Waals surface area contributed by atoms with Crippen LogP contribution in [0.15, 0.2) is 48.5 Å². The number of halogens is 1. The molecule has 3 rings (SSSR count). The van der Waals surface area contributed by atoms with Crippen molar-refractivity contribution in [2.24, 2.45) is 0 Å². The maximum absolute atomic E-state index is 13.1. The first kappa shape index (κ1) is 17.8. The third-order valence-electron chi connectivity index (χ3n) is 4.18. The SMILES string of the molecule is O=C(Cc1cccc(F)c1)OCC(=O)c1ccc(N2CCCC2=O)cc1. The molecule has 2 aromatic rings. The number of carbonyl (C=O) groups excluding carboxylic acids is 3. The summed E-state index contributed by atoms with van der Waals surface area (Å²) in [6, 6.07) is 12.3. The van der Waals surface area contributed by atoms with Crippen molar-refractivity contribution in [2.75, 3.05) is 18.1 Å². The van der Waals surface area contributed by atoms with E-state index in [0.29, 0.717) is 24.1 Å². The normalized spacial score (nSPS) is 13.7. The zero-order valence-corrected chi connectivity index (χ0v) is 14.1. The molecule has 6 heteroatoms. The third kappa shape index (κ3) is 4.33. The summed E-state index contributed by atoms with van der Waals surface area (Å²) in [5, 5.41) is 0. The molecule has 1 aliphatic heterocycles. The summed E-state index contributed by atoms with van der Waals surface area (Å²) in [6.45, 7) is 0.306. The summed E-state index contributed by atoms with van der Waals surface area (Å²) in [5.41, 5.74) is 1.65. The second-order valence-electron chi connectivity index (χ2n) is 6.09. The van der Waals surface area contributed by atoms with Gasteiger partial charge in [0.15, 0.2) is 12.4 Å². The molecule has 0 radical (unpaired) electrons. The first-order valence-electron chi connectivity index (χ1n) is 8.36. The Morgan fingerprint density at radius 1 is 1.12 bits per heavy atom. The van der Waals surface area contributed by atoms with Gasteiger partial charge in [0.25, 0.3) is 0 Å². The summed E-state index contributed by atoms with van der Waals surface area (Å²) in [6.07, 6.45) is 1.28. The van der Waals surface area contributed by atoms with Crippen LogP contribution >= 0.6 is 0 Å². The van der Waals surface area contributed by atoms with Crippen LogP contribution in [0.25, 0.3) is 0 Å². The van der Waals surface area contributed by atoms with E-state index in [2.05, 4.69) is 0 Å². The molecule has 1 aliphatic rings. The molecular formula is C20H18FNO4. The molecule has 134 valence electrons. The summed E-state index contributed by atoms with van der Waals surface area (Å²) >= 11 is 0. The van der Waals surface area contributed by atoms with Crippen molar-refractivity contribution >= 4 is 23.3 Å². The van der Waals surface area contributed by atoms with Crippen LogP contribution in [0, 0.1) is 5.82 Å². The van der Waals surface area contributed by atoms with Crippen molar-refractivity contribution in [3.05, 3.63) is 65.5 Å². The summed E-state index contributed by atoms with van der Waals surface area (Å²) < 4.78 is 18.1. The van der Waals surface area contributed by atoms with Gasteiger partial charge in [0.2, 0.25) is 5.91 Å². The highest BCUT2D eigenvalue weighted by Crippen LogP contribution is 2.21. The lowest BCUT2D eigenvalue weighted by atomic mass is 10.1. The highest BCUT2D eigenvalue weighted by molar-refractivity contribution is 5.99. The van der Waals surface area contributed by atoms with Crippen molar-refractivity contribution in [2.45, 2.75) is 19.3 Å². The van der Waals surface area contributed by atoms with E-state index in [-0.39, 0.29) is 24.7 Å². The largest absolute Gasteiger partial charge is 0.457 e. The number of hydrogen-bond acceptors (Lipinski definition) is 4. The van der Waals surface area contributed by atoms with E-state index < -0.39 is 11.8 Å². The van der Waals surface area contributed by atoms with E-state index in [1.54, 1.807) is 35.2 Å². The molecule has 1 fully saturated rings. The number of benzene rings is 2. The van der Waals surface area contributed by atoms with E-state index in [1.165, 1.54) is 18.2 Å². The maximum atomic E-state index is 13.1. The predicted molar refractivity (Wildman–Crippen MR) is 93.4 cm³/mol. The minimum absolute atomic E-state index is 0.0790. The van der Waals surface area contributed by atoms with E-state index in [4.69, 9.17) is 4.74 Å². The fourth-order valence-corrected chi connectivity index (χ4v) is 2.84. The zero-order valence-electron chi connectivity index (χ0n) is 14.1. The minimum Gasteiger partial charge on any atom is -0.457 e.